The van der Waals surface area contributed by atoms with Crippen molar-refractivity contribution in [3.63, 3.8) is 0 Å². The first-order chi connectivity index (χ1) is 63.8. The average Bonchev–Trinajstić information content (AvgIpc) is 1.67. The van der Waals surface area contributed by atoms with E-state index in [1.165, 1.54) is 22.3 Å². The summed E-state index contributed by atoms with van der Waals surface area (Å²) in [6.45, 7) is 7.39. The van der Waals surface area contributed by atoms with Crippen molar-refractivity contribution in [2.45, 2.75) is 338 Å². The number of aliphatic carboxylic acids is 4. The Morgan fingerprint density at radius 2 is 0.714 bits per heavy atom. The van der Waals surface area contributed by atoms with Crippen LogP contribution in [0.15, 0.2) is 72.8 Å². The summed E-state index contributed by atoms with van der Waals surface area (Å²) in [5.41, 5.74) is 7.04. The van der Waals surface area contributed by atoms with Gasteiger partial charge in [-0.05, 0) is 370 Å². The SMILES string of the molecule is CC[C@H](O)CC[C@@H]1[C@H]2Cc3cccc(OCC(=O)OC4(C(=O)O)CC4)c3C[C@H]2C[C@H]1O.CC[C@H](O)CC[C@@H]1[C@H]2Cc3cccc(OCC(=O)OC4(CC(=O)O)CC4)c3C[C@H]2C[C@H]1O.CC[C@H](O)CC[C@@H]1[C@H]2Cc3cccc(OCC(=O)OC4CCC(CC(=O)O)CC4)c3C[C@H]2C[C@H]1O.CC[C@H](O)CC[C@@H]1[C@H]2Cc3cccc(OCC(=O)OCC4CCC(C(=O)O)CC4)c3C[C@H]2C[C@H]1O. The molecule has 28 nitrogen and oxygen atoms in total. The zero-order valence-electron chi connectivity index (χ0n) is 78.1. The fourth-order valence-electron chi connectivity index (χ4n) is 24.1. The lowest BCUT2D eigenvalue weighted by molar-refractivity contribution is -0.168. The average molecular weight is 1860 g/mol. The fourth-order valence-corrected chi connectivity index (χ4v) is 24.1. The molecule has 0 radical (unpaired) electrons. The van der Waals surface area contributed by atoms with Gasteiger partial charge in [0.25, 0.3) is 0 Å². The van der Waals surface area contributed by atoms with Crippen molar-refractivity contribution < 1.29 is 138 Å². The minimum absolute atomic E-state index is 0.139. The molecule has 28 heteroatoms. The van der Waals surface area contributed by atoms with Crippen LogP contribution >= 0.6 is 0 Å². The van der Waals surface area contributed by atoms with Gasteiger partial charge in [0, 0.05) is 19.3 Å². The number of aliphatic hydroxyl groups excluding tert-OH is 8. The minimum atomic E-state index is -1.36. The summed E-state index contributed by atoms with van der Waals surface area (Å²) >= 11 is 0. The van der Waals surface area contributed by atoms with Gasteiger partial charge in [-0.3, -0.25) is 14.4 Å². The molecule has 0 bridgehead atoms. The van der Waals surface area contributed by atoms with E-state index < -0.39 is 53.0 Å². The second-order valence-corrected chi connectivity index (χ2v) is 41.0. The number of esters is 4. The zero-order valence-corrected chi connectivity index (χ0v) is 78.1. The molecule has 4 aromatic carbocycles. The van der Waals surface area contributed by atoms with Crippen molar-refractivity contribution in [3.8, 4) is 23.0 Å². The van der Waals surface area contributed by atoms with Crippen LogP contribution in [0.1, 0.15) is 265 Å². The van der Waals surface area contributed by atoms with Crippen molar-refractivity contribution in [2.75, 3.05) is 33.0 Å². The highest BCUT2D eigenvalue weighted by molar-refractivity contribution is 5.85. The van der Waals surface area contributed by atoms with Crippen LogP contribution in [0, 0.1) is 88.8 Å². The van der Waals surface area contributed by atoms with Gasteiger partial charge < -0.3 is 99.2 Å². The van der Waals surface area contributed by atoms with Crippen LogP contribution in [0.3, 0.4) is 0 Å². The largest absolute Gasteiger partial charge is 0.482 e. The number of carboxylic acid groups (broad SMARTS) is 4. The van der Waals surface area contributed by atoms with Crippen molar-refractivity contribution in [2.24, 2.45) is 88.8 Å². The van der Waals surface area contributed by atoms with Crippen LogP contribution < -0.4 is 18.9 Å². The van der Waals surface area contributed by atoms with Crippen LogP contribution in [-0.4, -0.2) is 208 Å². The number of rotatable bonds is 39. The number of carboxylic acids is 4. The lowest BCUT2D eigenvalue weighted by Crippen LogP contribution is -2.31. The van der Waals surface area contributed by atoms with E-state index >= 15 is 0 Å². The van der Waals surface area contributed by atoms with Crippen LogP contribution in [0.2, 0.25) is 0 Å². The van der Waals surface area contributed by atoms with Gasteiger partial charge in [-0.25, -0.2) is 24.0 Å². The Kier molecular flexibility index (Phi) is 36.1. The van der Waals surface area contributed by atoms with Crippen molar-refractivity contribution >= 4 is 47.8 Å². The molecule has 0 aliphatic heterocycles. The molecule has 16 rings (SSSR count). The van der Waals surface area contributed by atoms with Gasteiger partial charge >= 0.3 is 47.8 Å². The highest BCUT2D eigenvalue weighted by Gasteiger charge is 2.56. The highest BCUT2D eigenvalue weighted by Crippen LogP contribution is 2.54. The third-order valence-corrected chi connectivity index (χ3v) is 32.2. The molecule has 0 saturated heterocycles. The fraction of sp³-hybridized carbons (Fsp3) is 0.695. The van der Waals surface area contributed by atoms with E-state index in [9.17, 15) is 79.2 Å². The molecule has 0 aromatic heterocycles. The van der Waals surface area contributed by atoms with Gasteiger partial charge in [0.05, 0.1) is 67.8 Å². The van der Waals surface area contributed by atoms with Crippen LogP contribution in [0.25, 0.3) is 0 Å². The molecule has 20 atom stereocenters. The summed E-state index contributed by atoms with van der Waals surface area (Å²) in [6, 6.07) is 23.6. The standard InChI is InChI=1S/2C28H40O7.C25H34O7.C24H32O7/c1-2-20(29)8-11-22-23-13-18-4-3-5-26(24(18)14-19(23)15-25(22)30)34-16-28(33)35-21-9-6-17(7-10-21)12-27(31)32;1-2-21(29)10-11-22-23-12-19-4-3-5-26(24(19)13-20(23)14-25(22)30)34-16-27(31)35-15-17-6-8-18(9-7-17)28(32)33;1-2-17(26)6-7-18-19-10-15-4-3-5-22(20(15)11-16(19)12-21(18)27)31-14-24(30)32-25(8-9-25)13-23(28)29;1-2-16(25)6-7-17-18-10-14-4-3-5-21(19(14)11-15(18)12-20(17)26)30-13-22(27)31-24(8-9-24)23(28)29/h3-5,17,19-23,25,29-30H,2,6-16H2,1H3,(H,31,32);3-5,17-18,20-23,25,29-30H,2,6-16H2,1H3,(H,32,33);3-5,16-19,21,26-27H,2,6-14H2,1H3,(H,28,29);3-5,15-18,20,25-26H,2,6-13H2,1H3,(H,28,29)/t17?,19-,20-,21?,22+,23-,25+;17?,18?,20-,21-,22+,23-,25+;16-,17-,18+,19-,21+;15-,16-,17+,18-,20+/m0000/s1. The van der Waals surface area contributed by atoms with E-state index in [2.05, 4.69) is 24.3 Å². The third kappa shape index (κ3) is 27.1. The molecule has 12 N–H and O–H groups in total. The monoisotopic (exact) mass is 1860 g/mol. The Morgan fingerprint density at radius 3 is 1.02 bits per heavy atom. The van der Waals surface area contributed by atoms with Crippen LogP contribution in [-0.2, 0) is 109 Å². The lowest BCUT2D eigenvalue weighted by Gasteiger charge is -2.32. The van der Waals surface area contributed by atoms with Crippen molar-refractivity contribution in [1.29, 1.82) is 0 Å². The second kappa shape index (κ2) is 47.0. The van der Waals surface area contributed by atoms with E-state index in [0.29, 0.717) is 117 Å². The van der Waals surface area contributed by atoms with Gasteiger partial charge in [0.2, 0.25) is 5.60 Å². The van der Waals surface area contributed by atoms with Gasteiger partial charge in [-0.1, -0.05) is 76.2 Å². The Labute approximate surface area is 781 Å². The maximum Gasteiger partial charge on any atom is 0.348 e. The smallest absolute Gasteiger partial charge is 0.348 e. The predicted molar refractivity (Wildman–Crippen MR) is 488 cm³/mol. The third-order valence-electron chi connectivity index (χ3n) is 32.2. The molecule has 0 unspecified atom stereocenters. The highest BCUT2D eigenvalue weighted by atomic mass is 16.6. The zero-order chi connectivity index (χ0) is 95.0. The molecule has 8 fully saturated rings. The van der Waals surface area contributed by atoms with E-state index in [0.717, 1.165) is 214 Å². The minimum Gasteiger partial charge on any atom is -0.482 e. The molecule has 0 spiro atoms. The van der Waals surface area contributed by atoms with E-state index in [-0.39, 0.29) is 142 Å². The summed E-state index contributed by atoms with van der Waals surface area (Å²) < 4.78 is 44.9. The van der Waals surface area contributed by atoms with Crippen molar-refractivity contribution in [1.82, 2.24) is 0 Å². The van der Waals surface area contributed by atoms with Crippen LogP contribution in [0.5, 0.6) is 23.0 Å². The van der Waals surface area contributed by atoms with E-state index in [4.69, 9.17) is 58.3 Å². The summed E-state index contributed by atoms with van der Waals surface area (Å²) in [6.07, 6.45) is 24.0. The number of aliphatic hydroxyl groups is 8. The Bertz CT molecular complexity index is 4560. The summed E-state index contributed by atoms with van der Waals surface area (Å²) in [7, 11) is 0. The van der Waals surface area contributed by atoms with Gasteiger partial charge in [0.1, 0.15) is 34.7 Å². The number of hydrogen-bond donors (Lipinski definition) is 12. The molecule has 133 heavy (non-hydrogen) atoms. The van der Waals surface area contributed by atoms with Gasteiger partial charge in [0.15, 0.2) is 26.4 Å². The van der Waals surface area contributed by atoms with Crippen molar-refractivity contribution in [3.05, 3.63) is 117 Å². The maximum atomic E-state index is 12.4. The predicted octanol–water partition coefficient (Wildman–Crippen LogP) is 13.0. The summed E-state index contributed by atoms with van der Waals surface area (Å²) in [5, 5.41) is 119. The van der Waals surface area contributed by atoms with E-state index in [1.54, 1.807) is 0 Å². The topological polar surface area (TPSA) is 453 Å². The number of benzene rings is 4. The number of carbonyl (C=O) groups is 8. The first-order valence-corrected chi connectivity index (χ1v) is 49.9. The molecule has 12 aliphatic rings. The lowest BCUT2D eigenvalue weighted by atomic mass is 9.73. The first kappa shape index (κ1) is 102. The molecule has 0 amide bonds. The molecular weight excluding hydrogens is 1710 g/mol. The maximum absolute atomic E-state index is 12.4. The van der Waals surface area contributed by atoms with Gasteiger partial charge in [-0.15, -0.1) is 0 Å². The first-order valence-electron chi connectivity index (χ1n) is 49.9. The second-order valence-electron chi connectivity index (χ2n) is 41.0. The molecular formula is C105H146O28. The van der Waals surface area contributed by atoms with Gasteiger partial charge in [-0.2, -0.15) is 0 Å². The Hall–Kier alpha value is -8.48. The Balaban J connectivity index is 0.000000151. The molecule has 0 heterocycles. The quantitative estimate of drug-likeness (QED) is 0.0146. The molecule has 12 aliphatic carbocycles. The van der Waals surface area contributed by atoms with E-state index in [1.807, 2.05) is 76.2 Å². The Morgan fingerprint density at radius 1 is 0.383 bits per heavy atom. The summed E-state index contributed by atoms with van der Waals surface area (Å²) in [5.74, 6) is 1.24. The number of ether oxygens (including phenoxy) is 8. The molecule has 734 valence electrons. The number of carbonyl (C=O) groups excluding carboxylic acids is 4. The van der Waals surface area contributed by atoms with Crippen LogP contribution in [0.4, 0.5) is 0 Å². The molecule has 4 aromatic rings. The molecule has 8 saturated carbocycles. The number of hydrogen-bond acceptors (Lipinski definition) is 24. The normalized spacial score (nSPS) is 29.7. The summed E-state index contributed by atoms with van der Waals surface area (Å²) in [4.78, 5) is 93.2. The number of fused-ring (bicyclic) bond motifs is 8.